The summed E-state index contributed by atoms with van der Waals surface area (Å²) >= 11 is 0. The average molecular weight is 376 g/mol. The van der Waals surface area contributed by atoms with Crippen molar-refractivity contribution in [2.45, 2.75) is 19.8 Å². The lowest BCUT2D eigenvalue weighted by Crippen LogP contribution is -2.23. The Labute approximate surface area is 161 Å². The van der Waals surface area contributed by atoms with Crippen LogP contribution in [0.25, 0.3) is 5.69 Å². The van der Waals surface area contributed by atoms with Crippen molar-refractivity contribution in [3.05, 3.63) is 76.5 Å². The van der Waals surface area contributed by atoms with Crippen LogP contribution in [0.2, 0.25) is 0 Å². The van der Waals surface area contributed by atoms with Gasteiger partial charge in [0.25, 0.3) is 5.91 Å². The summed E-state index contributed by atoms with van der Waals surface area (Å²) in [6.45, 7) is 2.53. The highest BCUT2D eigenvalue weighted by Crippen LogP contribution is 2.23. The van der Waals surface area contributed by atoms with Crippen molar-refractivity contribution in [2.24, 2.45) is 0 Å². The molecule has 0 atom stereocenters. The zero-order valence-electron chi connectivity index (χ0n) is 15.4. The van der Waals surface area contributed by atoms with E-state index >= 15 is 0 Å². The van der Waals surface area contributed by atoms with E-state index in [1.807, 2.05) is 13.0 Å². The van der Waals surface area contributed by atoms with E-state index in [1.165, 1.54) is 4.57 Å². The molecule has 0 spiro atoms. The van der Waals surface area contributed by atoms with Crippen LogP contribution < -0.4 is 15.9 Å². The summed E-state index contributed by atoms with van der Waals surface area (Å²) in [4.78, 5) is 41.1. The number of aromatic nitrogens is 2. The molecule has 2 heterocycles. The fourth-order valence-electron chi connectivity index (χ4n) is 3.44. The zero-order valence-corrected chi connectivity index (χ0v) is 15.4. The molecule has 2 aromatic carbocycles. The molecule has 4 rings (SSSR count). The lowest BCUT2D eigenvalue weighted by Gasteiger charge is -2.16. The number of aryl methyl sites for hydroxylation is 1. The Kier molecular flexibility index (Phi) is 4.57. The van der Waals surface area contributed by atoms with Gasteiger partial charge in [-0.1, -0.05) is 12.1 Å². The lowest BCUT2D eigenvalue weighted by molar-refractivity contribution is -0.117. The molecule has 0 aliphatic carbocycles. The van der Waals surface area contributed by atoms with Gasteiger partial charge < -0.3 is 15.2 Å². The minimum absolute atomic E-state index is 0.110. The Morgan fingerprint density at radius 1 is 1.07 bits per heavy atom. The van der Waals surface area contributed by atoms with E-state index < -0.39 is 0 Å². The second-order valence-corrected chi connectivity index (χ2v) is 6.74. The molecule has 0 unspecified atom stereocenters. The Morgan fingerprint density at radius 3 is 2.46 bits per heavy atom. The third kappa shape index (κ3) is 3.22. The maximum atomic E-state index is 12.7. The molecule has 1 aromatic heterocycles. The van der Waals surface area contributed by atoms with Gasteiger partial charge >= 0.3 is 5.69 Å². The molecule has 1 aliphatic heterocycles. The standard InChI is InChI=1S/C21H20N4O3/c1-14-13-22-21(28)25(14)18-6-3-2-5-17(18)23-20(27)15-8-10-16(11-9-15)24-12-4-7-19(24)26/h2-3,5-6,8-11,13H,4,7,12H2,1H3,(H,22,28)(H,23,27). The maximum Gasteiger partial charge on any atom is 0.330 e. The highest BCUT2D eigenvalue weighted by molar-refractivity contribution is 6.05. The van der Waals surface area contributed by atoms with Crippen LogP contribution in [0.3, 0.4) is 0 Å². The first-order valence-electron chi connectivity index (χ1n) is 9.13. The minimum Gasteiger partial charge on any atom is -0.320 e. The van der Waals surface area contributed by atoms with E-state index in [1.54, 1.807) is 53.6 Å². The first-order valence-corrected chi connectivity index (χ1v) is 9.13. The molecule has 0 saturated carbocycles. The summed E-state index contributed by atoms with van der Waals surface area (Å²) in [5, 5.41) is 2.87. The number of rotatable bonds is 4. The van der Waals surface area contributed by atoms with Crippen LogP contribution in [0.1, 0.15) is 28.9 Å². The van der Waals surface area contributed by atoms with E-state index in [-0.39, 0.29) is 17.5 Å². The van der Waals surface area contributed by atoms with Gasteiger partial charge in [-0.15, -0.1) is 0 Å². The molecule has 1 aliphatic rings. The summed E-state index contributed by atoms with van der Waals surface area (Å²) < 4.78 is 1.51. The molecule has 2 amide bonds. The van der Waals surface area contributed by atoms with E-state index in [0.717, 1.165) is 17.8 Å². The summed E-state index contributed by atoms with van der Waals surface area (Å²) in [5.74, 6) is -0.175. The minimum atomic E-state index is -0.284. The third-order valence-corrected chi connectivity index (χ3v) is 4.87. The molecule has 1 fully saturated rings. The summed E-state index contributed by atoms with van der Waals surface area (Å²) in [6.07, 6.45) is 3.05. The van der Waals surface area contributed by atoms with E-state index in [4.69, 9.17) is 0 Å². The maximum absolute atomic E-state index is 12.7. The number of anilines is 2. The predicted molar refractivity (Wildman–Crippen MR) is 107 cm³/mol. The molecule has 2 N–H and O–H groups in total. The van der Waals surface area contributed by atoms with Gasteiger partial charge in [-0.05, 0) is 49.7 Å². The first-order chi connectivity index (χ1) is 13.5. The van der Waals surface area contributed by atoms with Crippen LogP contribution in [0, 0.1) is 6.92 Å². The largest absolute Gasteiger partial charge is 0.330 e. The summed E-state index contributed by atoms with van der Waals surface area (Å²) in [5.41, 5.74) is 2.89. The van der Waals surface area contributed by atoms with E-state index in [9.17, 15) is 14.4 Å². The van der Waals surface area contributed by atoms with Gasteiger partial charge in [-0.3, -0.25) is 14.2 Å². The number of aromatic amines is 1. The van der Waals surface area contributed by atoms with Crippen molar-refractivity contribution in [1.82, 2.24) is 9.55 Å². The van der Waals surface area contributed by atoms with Crippen LogP contribution in [-0.4, -0.2) is 27.9 Å². The molecule has 0 bridgehead atoms. The van der Waals surface area contributed by atoms with Crippen LogP contribution in [0.5, 0.6) is 0 Å². The number of hydrogen-bond acceptors (Lipinski definition) is 3. The zero-order chi connectivity index (χ0) is 19.7. The van der Waals surface area contributed by atoms with Crippen LogP contribution in [0.15, 0.2) is 59.5 Å². The fourth-order valence-corrected chi connectivity index (χ4v) is 3.44. The number of carbonyl (C=O) groups excluding carboxylic acids is 2. The molecule has 1 saturated heterocycles. The molecule has 3 aromatic rings. The molecule has 28 heavy (non-hydrogen) atoms. The van der Waals surface area contributed by atoms with Crippen molar-refractivity contribution < 1.29 is 9.59 Å². The first kappa shape index (κ1) is 17.8. The van der Waals surface area contributed by atoms with Crippen LogP contribution >= 0.6 is 0 Å². The highest BCUT2D eigenvalue weighted by atomic mass is 16.2. The normalized spacial score (nSPS) is 13.8. The number of benzene rings is 2. The number of amides is 2. The third-order valence-electron chi connectivity index (χ3n) is 4.87. The monoisotopic (exact) mass is 376 g/mol. The molecule has 142 valence electrons. The average Bonchev–Trinajstić information content (AvgIpc) is 3.27. The van der Waals surface area contributed by atoms with Gasteiger partial charge in [0.2, 0.25) is 5.91 Å². The number of carbonyl (C=O) groups is 2. The Balaban J connectivity index is 1.58. The van der Waals surface area contributed by atoms with Crippen molar-refractivity contribution in [3.8, 4) is 5.69 Å². The number of para-hydroxylation sites is 2. The quantitative estimate of drug-likeness (QED) is 0.734. The smallest absolute Gasteiger partial charge is 0.320 e. The molecular formula is C21H20N4O3. The number of nitrogens with one attached hydrogen (secondary N) is 2. The Morgan fingerprint density at radius 2 is 1.82 bits per heavy atom. The number of nitrogens with zero attached hydrogens (tertiary/aromatic N) is 2. The second kappa shape index (κ2) is 7.19. The van der Waals surface area contributed by atoms with Gasteiger partial charge in [-0.25, -0.2) is 4.79 Å². The number of H-pyrrole nitrogens is 1. The van der Waals surface area contributed by atoms with Crippen molar-refractivity contribution in [1.29, 1.82) is 0 Å². The number of imidazole rings is 1. The Bertz CT molecular complexity index is 1100. The van der Waals surface area contributed by atoms with E-state index in [2.05, 4.69) is 10.3 Å². The van der Waals surface area contributed by atoms with Crippen LogP contribution in [0.4, 0.5) is 11.4 Å². The summed E-state index contributed by atoms with van der Waals surface area (Å²) in [7, 11) is 0. The van der Waals surface area contributed by atoms with Crippen LogP contribution in [-0.2, 0) is 4.79 Å². The van der Waals surface area contributed by atoms with Gasteiger partial charge in [0.15, 0.2) is 0 Å². The molecular weight excluding hydrogens is 356 g/mol. The van der Waals surface area contributed by atoms with Gasteiger partial charge in [0, 0.05) is 36.1 Å². The fraction of sp³-hybridized carbons (Fsp3) is 0.190. The van der Waals surface area contributed by atoms with Gasteiger partial charge in [0.1, 0.15) is 0 Å². The van der Waals surface area contributed by atoms with Gasteiger partial charge in [0.05, 0.1) is 11.4 Å². The molecule has 7 nitrogen and oxygen atoms in total. The SMILES string of the molecule is Cc1c[nH]c(=O)n1-c1ccccc1NC(=O)c1ccc(N2CCCC2=O)cc1. The lowest BCUT2D eigenvalue weighted by atomic mass is 10.1. The molecule has 0 radical (unpaired) electrons. The molecule has 7 heteroatoms. The van der Waals surface area contributed by atoms with Crippen molar-refractivity contribution in [3.63, 3.8) is 0 Å². The second-order valence-electron chi connectivity index (χ2n) is 6.74. The van der Waals surface area contributed by atoms with Gasteiger partial charge in [-0.2, -0.15) is 0 Å². The van der Waals surface area contributed by atoms with E-state index in [0.29, 0.717) is 29.9 Å². The topological polar surface area (TPSA) is 87.2 Å². The predicted octanol–water partition coefficient (Wildman–Crippen LogP) is 2.85. The number of hydrogen-bond donors (Lipinski definition) is 2. The van der Waals surface area contributed by atoms with Crippen molar-refractivity contribution >= 4 is 23.2 Å². The summed E-state index contributed by atoms with van der Waals surface area (Å²) in [6, 6.07) is 14.1. The highest BCUT2D eigenvalue weighted by Gasteiger charge is 2.21. The van der Waals surface area contributed by atoms with Crippen molar-refractivity contribution in [2.75, 3.05) is 16.8 Å². The Hall–Kier alpha value is -3.61.